The molecular weight excluding hydrogens is 166 g/mol. The zero-order chi connectivity index (χ0) is 9.68. The van der Waals surface area contributed by atoms with Gasteiger partial charge in [-0.3, -0.25) is 0 Å². The van der Waals surface area contributed by atoms with Crippen LogP contribution in [0.15, 0.2) is 0 Å². The van der Waals surface area contributed by atoms with Gasteiger partial charge in [0.1, 0.15) is 0 Å². The predicted octanol–water partition coefficient (Wildman–Crippen LogP) is 0.901. The summed E-state index contributed by atoms with van der Waals surface area (Å²) in [4.78, 5) is 0. The Hall–Kier alpha value is -0.120. The summed E-state index contributed by atoms with van der Waals surface area (Å²) in [5.41, 5.74) is 5.54. The molecule has 0 aromatic carbocycles. The smallest absolute Gasteiger partial charge is 0.0643 e. The number of aliphatic hydroxyl groups is 1. The molecular formula is C10H21NO2. The molecule has 78 valence electrons. The van der Waals surface area contributed by atoms with E-state index in [1.165, 1.54) is 12.8 Å². The van der Waals surface area contributed by atoms with Crippen molar-refractivity contribution in [1.82, 2.24) is 0 Å². The summed E-state index contributed by atoms with van der Waals surface area (Å²) < 4.78 is 5.60. The Morgan fingerprint density at radius 2 is 2.00 bits per heavy atom. The highest BCUT2D eigenvalue weighted by Crippen LogP contribution is 2.25. The minimum Gasteiger partial charge on any atom is -0.395 e. The first kappa shape index (κ1) is 11.0. The molecule has 0 radical (unpaired) electrons. The quantitative estimate of drug-likeness (QED) is 0.687. The molecule has 1 fully saturated rings. The van der Waals surface area contributed by atoms with Gasteiger partial charge in [0.15, 0.2) is 0 Å². The van der Waals surface area contributed by atoms with Crippen molar-refractivity contribution >= 4 is 0 Å². The summed E-state index contributed by atoms with van der Waals surface area (Å²) in [6, 6.07) is -0.209. The van der Waals surface area contributed by atoms with Crippen molar-refractivity contribution in [1.29, 1.82) is 0 Å². The van der Waals surface area contributed by atoms with Crippen LogP contribution in [0.25, 0.3) is 0 Å². The molecule has 0 aromatic heterocycles. The van der Waals surface area contributed by atoms with Crippen molar-refractivity contribution in [3.8, 4) is 0 Å². The molecule has 13 heavy (non-hydrogen) atoms. The maximum absolute atomic E-state index is 8.70. The van der Waals surface area contributed by atoms with Gasteiger partial charge in [-0.15, -0.1) is 0 Å². The lowest BCUT2D eigenvalue weighted by Crippen LogP contribution is -2.33. The SMILES string of the molecule is CC1CCC(OCC(N)CO)CC1. The van der Waals surface area contributed by atoms with E-state index in [9.17, 15) is 0 Å². The second-order valence-corrected chi connectivity index (χ2v) is 4.16. The zero-order valence-electron chi connectivity index (χ0n) is 8.41. The van der Waals surface area contributed by atoms with Crippen molar-refractivity contribution in [2.45, 2.75) is 44.8 Å². The van der Waals surface area contributed by atoms with Crippen LogP contribution in [0.5, 0.6) is 0 Å². The van der Waals surface area contributed by atoms with Gasteiger partial charge < -0.3 is 15.6 Å². The fourth-order valence-corrected chi connectivity index (χ4v) is 1.71. The summed E-state index contributed by atoms with van der Waals surface area (Å²) in [5.74, 6) is 0.853. The normalized spacial score (nSPS) is 31.6. The molecule has 1 aliphatic carbocycles. The molecule has 1 saturated carbocycles. The lowest BCUT2D eigenvalue weighted by Gasteiger charge is -2.27. The number of rotatable bonds is 4. The van der Waals surface area contributed by atoms with Crippen molar-refractivity contribution < 1.29 is 9.84 Å². The summed E-state index contributed by atoms with van der Waals surface area (Å²) in [6.07, 6.45) is 5.21. The van der Waals surface area contributed by atoms with Gasteiger partial charge in [0, 0.05) is 0 Å². The van der Waals surface area contributed by atoms with E-state index >= 15 is 0 Å². The summed E-state index contributed by atoms with van der Waals surface area (Å²) in [6.45, 7) is 2.80. The van der Waals surface area contributed by atoms with E-state index in [1.54, 1.807) is 0 Å². The molecule has 0 spiro atoms. The van der Waals surface area contributed by atoms with Gasteiger partial charge in [-0.1, -0.05) is 6.92 Å². The largest absolute Gasteiger partial charge is 0.395 e. The summed E-state index contributed by atoms with van der Waals surface area (Å²) in [7, 11) is 0. The van der Waals surface area contributed by atoms with E-state index in [0.29, 0.717) is 12.7 Å². The first-order valence-corrected chi connectivity index (χ1v) is 5.20. The summed E-state index contributed by atoms with van der Waals surface area (Å²) >= 11 is 0. The number of ether oxygens (including phenoxy) is 1. The molecule has 3 N–H and O–H groups in total. The molecule has 3 heteroatoms. The number of hydrogen-bond acceptors (Lipinski definition) is 3. The van der Waals surface area contributed by atoms with Crippen LogP contribution in [0.2, 0.25) is 0 Å². The van der Waals surface area contributed by atoms with Gasteiger partial charge >= 0.3 is 0 Å². The molecule has 1 rings (SSSR count). The molecule has 0 aliphatic heterocycles. The Bertz CT molecular complexity index is 133. The van der Waals surface area contributed by atoms with Gasteiger partial charge in [-0.2, -0.15) is 0 Å². The monoisotopic (exact) mass is 187 g/mol. The molecule has 3 nitrogen and oxygen atoms in total. The van der Waals surface area contributed by atoms with Gasteiger partial charge in [-0.05, 0) is 31.6 Å². The van der Waals surface area contributed by atoms with Crippen LogP contribution in [-0.4, -0.2) is 30.5 Å². The second kappa shape index (κ2) is 5.58. The zero-order valence-corrected chi connectivity index (χ0v) is 8.41. The highest BCUT2D eigenvalue weighted by Gasteiger charge is 2.18. The fraction of sp³-hybridized carbons (Fsp3) is 1.00. The number of aliphatic hydroxyl groups excluding tert-OH is 1. The third kappa shape index (κ3) is 4.07. The molecule has 1 unspecified atom stereocenters. The van der Waals surface area contributed by atoms with Crippen molar-refractivity contribution in [2.24, 2.45) is 11.7 Å². The van der Waals surface area contributed by atoms with E-state index < -0.39 is 0 Å². The minimum atomic E-state index is -0.209. The second-order valence-electron chi connectivity index (χ2n) is 4.16. The first-order chi connectivity index (χ1) is 6.22. The van der Waals surface area contributed by atoms with Crippen molar-refractivity contribution in [3.05, 3.63) is 0 Å². The maximum atomic E-state index is 8.70. The van der Waals surface area contributed by atoms with Gasteiger partial charge in [0.2, 0.25) is 0 Å². The van der Waals surface area contributed by atoms with Crippen LogP contribution in [0.4, 0.5) is 0 Å². The standard InChI is InChI=1S/C10H21NO2/c1-8-2-4-10(5-3-8)13-7-9(11)6-12/h8-10,12H,2-7,11H2,1H3. The maximum Gasteiger partial charge on any atom is 0.0643 e. The van der Waals surface area contributed by atoms with Crippen LogP contribution in [-0.2, 0) is 4.74 Å². The molecule has 1 aliphatic rings. The lowest BCUT2D eigenvalue weighted by atomic mass is 9.89. The topological polar surface area (TPSA) is 55.5 Å². The fourth-order valence-electron chi connectivity index (χ4n) is 1.71. The Morgan fingerprint density at radius 3 is 2.54 bits per heavy atom. The average molecular weight is 187 g/mol. The highest BCUT2D eigenvalue weighted by atomic mass is 16.5. The molecule has 0 amide bonds. The Labute approximate surface area is 80.3 Å². The lowest BCUT2D eigenvalue weighted by molar-refractivity contribution is 0.00618. The average Bonchev–Trinajstić information content (AvgIpc) is 2.16. The molecule has 0 saturated heterocycles. The molecule has 1 atom stereocenters. The third-order valence-electron chi connectivity index (χ3n) is 2.74. The first-order valence-electron chi connectivity index (χ1n) is 5.20. The van der Waals surface area contributed by atoms with E-state index in [4.69, 9.17) is 15.6 Å². The molecule has 0 heterocycles. The van der Waals surface area contributed by atoms with Crippen molar-refractivity contribution in [3.63, 3.8) is 0 Å². The van der Waals surface area contributed by atoms with Gasteiger partial charge in [-0.25, -0.2) is 0 Å². The minimum absolute atomic E-state index is 0.0170. The Kier molecular flexibility index (Phi) is 4.70. The van der Waals surface area contributed by atoms with E-state index in [1.807, 2.05) is 0 Å². The number of hydrogen-bond donors (Lipinski definition) is 2. The number of nitrogens with two attached hydrogens (primary N) is 1. The van der Waals surface area contributed by atoms with E-state index in [2.05, 4.69) is 6.92 Å². The van der Waals surface area contributed by atoms with Crippen LogP contribution < -0.4 is 5.73 Å². The third-order valence-corrected chi connectivity index (χ3v) is 2.74. The van der Waals surface area contributed by atoms with E-state index in [-0.39, 0.29) is 12.6 Å². The van der Waals surface area contributed by atoms with Gasteiger partial charge in [0.05, 0.1) is 25.4 Å². The van der Waals surface area contributed by atoms with Crippen LogP contribution in [0.1, 0.15) is 32.6 Å². The molecule has 0 aromatic rings. The Morgan fingerprint density at radius 1 is 1.38 bits per heavy atom. The van der Waals surface area contributed by atoms with Crippen LogP contribution in [0, 0.1) is 5.92 Å². The van der Waals surface area contributed by atoms with Crippen LogP contribution >= 0.6 is 0 Å². The summed E-state index contributed by atoms with van der Waals surface area (Å²) in [5, 5.41) is 8.70. The molecule has 0 bridgehead atoms. The van der Waals surface area contributed by atoms with Crippen LogP contribution in [0.3, 0.4) is 0 Å². The Balaban J connectivity index is 2.08. The van der Waals surface area contributed by atoms with E-state index in [0.717, 1.165) is 18.8 Å². The van der Waals surface area contributed by atoms with Gasteiger partial charge in [0.25, 0.3) is 0 Å². The van der Waals surface area contributed by atoms with Crippen molar-refractivity contribution in [2.75, 3.05) is 13.2 Å². The predicted molar refractivity (Wildman–Crippen MR) is 52.4 cm³/mol. The highest BCUT2D eigenvalue weighted by molar-refractivity contribution is 4.70.